The molecular formula is C13H28N2OS2. The van der Waals surface area contributed by atoms with Crippen molar-refractivity contribution in [2.75, 3.05) is 18.1 Å². The Morgan fingerprint density at radius 1 is 1.11 bits per heavy atom. The largest absolute Gasteiger partial charge is 0.365 e. The van der Waals surface area contributed by atoms with Crippen molar-refractivity contribution in [2.24, 2.45) is 0 Å². The van der Waals surface area contributed by atoms with Crippen molar-refractivity contribution in [3.05, 3.63) is 0 Å². The molecule has 0 amide bonds. The zero-order valence-electron chi connectivity index (χ0n) is 11.7. The molecule has 1 atom stereocenters. The molecule has 18 heavy (non-hydrogen) atoms. The predicted molar refractivity (Wildman–Crippen MR) is 83.8 cm³/mol. The second-order valence-electron chi connectivity index (χ2n) is 5.35. The van der Waals surface area contributed by atoms with Crippen LogP contribution < -0.4 is 10.6 Å². The van der Waals surface area contributed by atoms with Gasteiger partial charge in [0.2, 0.25) is 0 Å². The van der Waals surface area contributed by atoms with Gasteiger partial charge in [0.25, 0.3) is 0 Å². The van der Waals surface area contributed by atoms with Gasteiger partial charge in [-0.25, -0.2) is 0 Å². The molecule has 0 aromatic carbocycles. The maximum atomic E-state index is 9.87. The van der Waals surface area contributed by atoms with E-state index < -0.39 is 6.35 Å². The van der Waals surface area contributed by atoms with Crippen LogP contribution in [-0.2, 0) is 0 Å². The van der Waals surface area contributed by atoms with Gasteiger partial charge in [-0.1, -0.05) is 60.6 Å². The van der Waals surface area contributed by atoms with Gasteiger partial charge in [0.05, 0.1) is 0 Å². The maximum absolute atomic E-state index is 9.87. The van der Waals surface area contributed by atoms with Crippen LogP contribution in [0, 0.1) is 0 Å². The molecule has 0 spiro atoms. The molecule has 0 aromatic rings. The second-order valence-corrected chi connectivity index (χ2v) is 7.82. The zero-order chi connectivity index (χ0) is 13.3. The van der Waals surface area contributed by atoms with E-state index in [1.807, 2.05) is 21.6 Å². The average molecular weight is 293 g/mol. The summed E-state index contributed by atoms with van der Waals surface area (Å²) in [5, 5.41) is 16.3. The van der Waals surface area contributed by atoms with E-state index in [1.54, 1.807) is 0 Å². The van der Waals surface area contributed by atoms with Gasteiger partial charge in [0.1, 0.15) is 0 Å². The minimum atomic E-state index is -0.565. The Labute approximate surface area is 120 Å². The first-order chi connectivity index (χ1) is 8.66. The summed E-state index contributed by atoms with van der Waals surface area (Å²) in [5.74, 6) is 2.13. The molecule has 1 fully saturated rings. The van der Waals surface area contributed by atoms with E-state index in [0.717, 1.165) is 24.5 Å². The third-order valence-corrected chi connectivity index (χ3v) is 6.08. The summed E-state index contributed by atoms with van der Waals surface area (Å²) in [7, 11) is 3.76. The summed E-state index contributed by atoms with van der Waals surface area (Å²) in [6.45, 7) is 5.32. The summed E-state index contributed by atoms with van der Waals surface area (Å²) in [6, 6.07) is 0. The highest BCUT2D eigenvalue weighted by Crippen LogP contribution is 2.37. The van der Waals surface area contributed by atoms with Crippen LogP contribution in [0.5, 0.6) is 0 Å². The first kappa shape index (κ1) is 16.6. The second kappa shape index (κ2) is 9.48. The van der Waals surface area contributed by atoms with Crippen molar-refractivity contribution < 1.29 is 5.11 Å². The van der Waals surface area contributed by atoms with E-state index in [0.29, 0.717) is 0 Å². The fourth-order valence-corrected chi connectivity index (χ4v) is 5.24. The van der Waals surface area contributed by atoms with E-state index >= 15 is 0 Å². The third kappa shape index (κ3) is 7.24. The highest BCUT2D eigenvalue weighted by molar-refractivity contribution is 8.77. The molecule has 0 saturated carbocycles. The fraction of sp³-hybridized carbons (Fsp3) is 1.00. The van der Waals surface area contributed by atoms with Crippen LogP contribution in [0.4, 0.5) is 0 Å². The Morgan fingerprint density at radius 3 is 2.39 bits per heavy atom. The smallest absolute Gasteiger partial charge is 0.160 e. The average Bonchev–Trinajstić information content (AvgIpc) is 2.74. The van der Waals surface area contributed by atoms with Gasteiger partial charge < -0.3 is 5.11 Å². The molecule has 0 aromatic heterocycles. The zero-order valence-corrected chi connectivity index (χ0v) is 13.3. The molecule has 0 aliphatic carbocycles. The Morgan fingerprint density at radius 2 is 1.72 bits per heavy atom. The van der Waals surface area contributed by atoms with Crippen molar-refractivity contribution in [1.29, 1.82) is 0 Å². The molecule has 5 heteroatoms. The first-order valence-corrected chi connectivity index (χ1v) is 9.59. The minimum Gasteiger partial charge on any atom is -0.365 e. The molecule has 1 aliphatic rings. The lowest BCUT2D eigenvalue weighted by Crippen LogP contribution is -2.55. The standard InChI is InChI=1S/C13H28N2OS2/c1-3-4-5-6-7-8-9-14-12(16)15-13(2)10-17-18-11-13/h12,14-16H,3-11H2,1-2H3. The number of unbranched alkanes of at least 4 members (excludes halogenated alkanes) is 5. The monoisotopic (exact) mass is 292 g/mol. The highest BCUT2D eigenvalue weighted by atomic mass is 33.1. The number of nitrogens with one attached hydrogen (secondary N) is 2. The van der Waals surface area contributed by atoms with Crippen molar-refractivity contribution in [3.8, 4) is 0 Å². The summed E-state index contributed by atoms with van der Waals surface area (Å²) < 4.78 is 0. The third-order valence-electron chi connectivity index (χ3n) is 3.19. The highest BCUT2D eigenvalue weighted by Gasteiger charge is 2.31. The van der Waals surface area contributed by atoms with E-state index in [4.69, 9.17) is 0 Å². The molecule has 1 heterocycles. The summed E-state index contributed by atoms with van der Waals surface area (Å²) in [6.07, 6.45) is 7.19. The van der Waals surface area contributed by atoms with Crippen molar-refractivity contribution in [3.63, 3.8) is 0 Å². The Kier molecular flexibility index (Phi) is 8.76. The van der Waals surface area contributed by atoms with Crippen LogP contribution in [0.25, 0.3) is 0 Å². The Bertz CT molecular complexity index is 211. The van der Waals surface area contributed by atoms with E-state index in [-0.39, 0.29) is 5.54 Å². The maximum Gasteiger partial charge on any atom is 0.160 e. The molecule has 0 radical (unpaired) electrons. The lowest BCUT2D eigenvalue weighted by Gasteiger charge is -2.27. The van der Waals surface area contributed by atoms with Gasteiger partial charge in [-0.3, -0.25) is 10.6 Å². The molecule has 108 valence electrons. The number of aliphatic hydroxyl groups excluding tert-OH is 1. The summed E-state index contributed by atoms with van der Waals surface area (Å²) in [5.41, 5.74) is 0.0723. The molecule has 3 nitrogen and oxygen atoms in total. The topological polar surface area (TPSA) is 44.3 Å². The first-order valence-electron chi connectivity index (χ1n) is 7.10. The molecule has 1 saturated heterocycles. The minimum absolute atomic E-state index is 0.0723. The van der Waals surface area contributed by atoms with Gasteiger partial charge in [0.15, 0.2) is 6.35 Å². The van der Waals surface area contributed by atoms with E-state index in [1.165, 1.54) is 32.1 Å². The summed E-state index contributed by atoms with van der Waals surface area (Å²) >= 11 is 0. The SMILES string of the molecule is CCCCCCCCNC(O)NC1(C)CSSC1. The normalized spacial score (nSPS) is 20.2. The van der Waals surface area contributed by atoms with Crippen molar-refractivity contribution >= 4 is 21.6 Å². The van der Waals surface area contributed by atoms with Gasteiger partial charge in [-0.2, -0.15) is 0 Å². The van der Waals surface area contributed by atoms with Crippen LogP contribution in [0.2, 0.25) is 0 Å². The number of hydrogen-bond acceptors (Lipinski definition) is 5. The van der Waals surface area contributed by atoms with Crippen LogP contribution in [0.1, 0.15) is 52.4 Å². The Hall–Kier alpha value is 0.580. The fourth-order valence-electron chi connectivity index (χ4n) is 1.99. The Balaban J connectivity index is 1.95. The molecule has 1 rings (SSSR count). The van der Waals surface area contributed by atoms with Crippen LogP contribution >= 0.6 is 21.6 Å². The molecular weight excluding hydrogens is 264 g/mol. The number of hydrogen-bond donors (Lipinski definition) is 3. The number of rotatable bonds is 10. The summed E-state index contributed by atoms with van der Waals surface area (Å²) in [4.78, 5) is 0. The van der Waals surface area contributed by atoms with E-state index in [2.05, 4.69) is 24.5 Å². The molecule has 1 aliphatic heterocycles. The molecule has 1 unspecified atom stereocenters. The van der Waals surface area contributed by atoms with Gasteiger partial charge in [-0.15, -0.1) is 0 Å². The van der Waals surface area contributed by atoms with Gasteiger partial charge in [-0.05, 0) is 19.9 Å². The lowest BCUT2D eigenvalue weighted by molar-refractivity contribution is 0.0766. The van der Waals surface area contributed by atoms with Crippen LogP contribution in [0.15, 0.2) is 0 Å². The molecule has 3 N–H and O–H groups in total. The van der Waals surface area contributed by atoms with Gasteiger partial charge in [0, 0.05) is 17.0 Å². The van der Waals surface area contributed by atoms with Crippen molar-refractivity contribution in [1.82, 2.24) is 10.6 Å². The van der Waals surface area contributed by atoms with Crippen molar-refractivity contribution in [2.45, 2.75) is 64.3 Å². The lowest BCUT2D eigenvalue weighted by atomic mass is 10.1. The van der Waals surface area contributed by atoms with Gasteiger partial charge >= 0.3 is 0 Å². The quantitative estimate of drug-likeness (QED) is 0.328. The van der Waals surface area contributed by atoms with Crippen LogP contribution in [0.3, 0.4) is 0 Å². The predicted octanol–water partition coefficient (Wildman–Crippen LogP) is 2.96. The molecule has 0 bridgehead atoms. The number of aliphatic hydroxyl groups is 1. The van der Waals surface area contributed by atoms with Crippen LogP contribution in [-0.4, -0.2) is 35.0 Å². The van der Waals surface area contributed by atoms with E-state index in [9.17, 15) is 5.11 Å².